The summed E-state index contributed by atoms with van der Waals surface area (Å²) in [5, 5.41) is 9.66. The molecular weight excluding hydrogens is 194 g/mol. The number of hydrogen-bond donors (Lipinski definition) is 1. The average molecular weight is 215 g/mol. The van der Waals surface area contributed by atoms with Crippen molar-refractivity contribution in [2.24, 2.45) is 5.92 Å². The maximum Gasteiger partial charge on any atom is 0.410 e. The fourth-order valence-electron chi connectivity index (χ4n) is 1.73. The number of carbonyl (C=O) groups is 1. The fourth-order valence-corrected chi connectivity index (χ4v) is 1.73. The summed E-state index contributed by atoms with van der Waals surface area (Å²) in [4.78, 5) is 13.2. The molecule has 15 heavy (non-hydrogen) atoms. The Morgan fingerprint density at radius 2 is 2.07 bits per heavy atom. The summed E-state index contributed by atoms with van der Waals surface area (Å²) in [5.74, 6) is 0.192. The molecule has 0 saturated carbocycles. The van der Waals surface area contributed by atoms with Crippen molar-refractivity contribution < 1.29 is 14.6 Å². The molecule has 1 saturated heterocycles. The second-order valence-corrected chi connectivity index (χ2v) is 5.12. The van der Waals surface area contributed by atoms with Crippen LogP contribution in [0.25, 0.3) is 0 Å². The van der Waals surface area contributed by atoms with E-state index in [0.29, 0.717) is 13.1 Å². The molecule has 1 N–H and O–H groups in total. The Morgan fingerprint density at radius 3 is 2.47 bits per heavy atom. The van der Waals surface area contributed by atoms with Gasteiger partial charge in [0.2, 0.25) is 0 Å². The third-order valence-corrected chi connectivity index (χ3v) is 2.58. The van der Waals surface area contributed by atoms with Crippen LogP contribution < -0.4 is 0 Å². The Bertz CT molecular complexity index is 234. The highest BCUT2D eigenvalue weighted by atomic mass is 16.6. The number of amides is 1. The van der Waals surface area contributed by atoms with Crippen LogP contribution in [0.4, 0.5) is 4.79 Å². The number of aliphatic hydroxyl groups is 1. The summed E-state index contributed by atoms with van der Waals surface area (Å²) in [6, 6.07) is 0. The van der Waals surface area contributed by atoms with Gasteiger partial charge in [-0.05, 0) is 27.2 Å². The van der Waals surface area contributed by atoms with Gasteiger partial charge in [0, 0.05) is 12.5 Å². The molecule has 0 aliphatic carbocycles. The predicted molar refractivity (Wildman–Crippen MR) is 57.6 cm³/mol. The first-order valence-electron chi connectivity index (χ1n) is 5.49. The van der Waals surface area contributed by atoms with E-state index in [2.05, 4.69) is 0 Å². The summed E-state index contributed by atoms with van der Waals surface area (Å²) < 4.78 is 5.24. The lowest BCUT2D eigenvalue weighted by molar-refractivity contribution is 0.0270. The van der Waals surface area contributed by atoms with Gasteiger partial charge in [0.25, 0.3) is 0 Å². The number of rotatable bonds is 1. The van der Waals surface area contributed by atoms with E-state index in [4.69, 9.17) is 4.74 Å². The number of aliphatic hydroxyl groups excluding tert-OH is 1. The molecule has 4 heteroatoms. The molecule has 4 nitrogen and oxygen atoms in total. The first-order valence-corrected chi connectivity index (χ1v) is 5.49. The zero-order valence-electron chi connectivity index (χ0n) is 9.99. The molecule has 0 aromatic heterocycles. The van der Waals surface area contributed by atoms with E-state index in [1.54, 1.807) is 4.90 Å². The van der Waals surface area contributed by atoms with E-state index in [-0.39, 0.29) is 12.0 Å². The van der Waals surface area contributed by atoms with Crippen LogP contribution >= 0.6 is 0 Å². The van der Waals surface area contributed by atoms with Gasteiger partial charge in [0.05, 0.1) is 12.6 Å². The third-order valence-electron chi connectivity index (χ3n) is 2.58. The molecule has 1 heterocycles. The maximum absolute atomic E-state index is 11.7. The van der Waals surface area contributed by atoms with Crippen molar-refractivity contribution in [3.05, 3.63) is 0 Å². The molecule has 0 radical (unpaired) electrons. The van der Waals surface area contributed by atoms with Crippen molar-refractivity contribution in [2.45, 2.75) is 45.8 Å². The molecule has 0 bridgehead atoms. The zero-order chi connectivity index (χ0) is 11.6. The number of ether oxygens (including phenoxy) is 1. The second kappa shape index (κ2) is 4.39. The maximum atomic E-state index is 11.7. The number of likely N-dealkylation sites (tertiary alicyclic amines) is 1. The molecule has 1 aliphatic heterocycles. The number of carbonyl (C=O) groups excluding carboxylic acids is 1. The lowest BCUT2D eigenvalue weighted by Gasteiger charge is -2.24. The van der Waals surface area contributed by atoms with Crippen LogP contribution in [0.5, 0.6) is 0 Å². The molecule has 88 valence electrons. The smallest absolute Gasteiger partial charge is 0.410 e. The van der Waals surface area contributed by atoms with Crippen molar-refractivity contribution >= 4 is 6.09 Å². The van der Waals surface area contributed by atoms with Gasteiger partial charge >= 0.3 is 6.09 Å². The Morgan fingerprint density at radius 1 is 1.47 bits per heavy atom. The molecular formula is C11H21NO3. The second-order valence-electron chi connectivity index (χ2n) is 5.12. The van der Waals surface area contributed by atoms with Crippen molar-refractivity contribution in [3.63, 3.8) is 0 Å². The quantitative estimate of drug-likeness (QED) is 0.723. The molecule has 1 amide bonds. The lowest BCUT2D eigenvalue weighted by Crippen LogP contribution is -2.35. The minimum atomic E-state index is -0.466. The zero-order valence-corrected chi connectivity index (χ0v) is 9.99. The minimum absolute atomic E-state index is 0.192. The monoisotopic (exact) mass is 215 g/mol. The van der Waals surface area contributed by atoms with E-state index in [1.807, 2.05) is 27.7 Å². The lowest BCUT2D eigenvalue weighted by atomic mass is 10.0. The van der Waals surface area contributed by atoms with E-state index >= 15 is 0 Å². The Balaban J connectivity index is 2.50. The molecule has 0 aromatic carbocycles. The molecule has 0 spiro atoms. The van der Waals surface area contributed by atoms with Gasteiger partial charge in [-0.2, -0.15) is 0 Å². The molecule has 1 fully saturated rings. The van der Waals surface area contributed by atoms with Crippen LogP contribution in [0.2, 0.25) is 0 Å². The summed E-state index contributed by atoms with van der Waals surface area (Å²) in [7, 11) is 0. The highest BCUT2D eigenvalue weighted by Gasteiger charge is 2.34. The van der Waals surface area contributed by atoms with Gasteiger partial charge in [-0.15, -0.1) is 0 Å². The van der Waals surface area contributed by atoms with Gasteiger partial charge in [-0.3, -0.25) is 0 Å². The van der Waals surface area contributed by atoms with Crippen LogP contribution in [0.3, 0.4) is 0 Å². The van der Waals surface area contributed by atoms with Gasteiger partial charge in [0.1, 0.15) is 5.60 Å². The molecule has 1 unspecified atom stereocenters. The van der Waals surface area contributed by atoms with Gasteiger partial charge in [-0.1, -0.05) is 6.92 Å². The molecule has 1 rings (SSSR count). The Labute approximate surface area is 91.2 Å². The van der Waals surface area contributed by atoms with Crippen LogP contribution in [-0.2, 0) is 4.74 Å². The number of hydrogen-bond acceptors (Lipinski definition) is 3. The van der Waals surface area contributed by atoms with Crippen molar-refractivity contribution in [1.29, 1.82) is 0 Å². The molecule has 1 aliphatic rings. The fraction of sp³-hybridized carbons (Fsp3) is 0.909. The van der Waals surface area contributed by atoms with Crippen molar-refractivity contribution in [2.75, 3.05) is 13.1 Å². The van der Waals surface area contributed by atoms with Gasteiger partial charge in [0.15, 0.2) is 0 Å². The number of nitrogens with zero attached hydrogens (tertiary/aromatic N) is 1. The van der Waals surface area contributed by atoms with Crippen LogP contribution in [0.1, 0.15) is 34.1 Å². The highest BCUT2D eigenvalue weighted by Crippen LogP contribution is 2.21. The van der Waals surface area contributed by atoms with Crippen LogP contribution in [0.15, 0.2) is 0 Å². The van der Waals surface area contributed by atoms with E-state index in [9.17, 15) is 9.90 Å². The summed E-state index contributed by atoms with van der Waals surface area (Å²) in [6.45, 7) is 8.55. The predicted octanol–water partition coefficient (Wildman–Crippen LogP) is 1.62. The standard InChI is InChI=1S/C11H21NO3/c1-5-8-6-12(7-9(8)13)10(14)15-11(2,3)4/h8-9,13H,5-7H2,1-4H3/t8-,9?/m0/s1. The Kier molecular flexibility index (Phi) is 3.60. The first-order chi connectivity index (χ1) is 6.83. The van der Waals surface area contributed by atoms with E-state index < -0.39 is 11.7 Å². The summed E-state index contributed by atoms with van der Waals surface area (Å²) in [6.07, 6.45) is 0.167. The minimum Gasteiger partial charge on any atom is -0.444 e. The van der Waals surface area contributed by atoms with E-state index in [1.165, 1.54) is 0 Å². The Hall–Kier alpha value is -0.770. The topological polar surface area (TPSA) is 49.8 Å². The van der Waals surface area contributed by atoms with E-state index in [0.717, 1.165) is 6.42 Å². The number of β-amino-alcohol motifs (C(OH)–C–C–N with tert-alkyl or cyclic N) is 1. The van der Waals surface area contributed by atoms with Crippen LogP contribution in [0, 0.1) is 5.92 Å². The van der Waals surface area contributed by atoms with Gasteiger partial charge < -0.3 is 14.7 Å². The van der Waals surface area contributed by atoms with Crippen molar-refractivity contribution in [3.8, 4) is 0 Å². The normalized spacial score (nSPS) is 26.9. The summed E-state index contributed by atoms with van der Waals surface area (Å²) >= 11 is 0. The SMILES string of the molecule is CC[C@H]1CN(C(=O)OC(C)(C)C)CC1O. The van der Waals surface area contributed by atoms with Crippen molar-refractivity contribution in [1.82, 2.24) is 4.90 Å². The summed E-state index contributed by atoms with van der Waals surface area (Å²) in [5.41, 5.74) is -0.466. The van der Waals surface area contributed by atoms with Gasteiger partial charge in [-0.25, -0.2) is 4.79 Å². The largest absolute Gasteiger partial charge is 0.444 e. The average Bonchev–Trinajstić information content (AvgIpc) is 2.43. The molecule has 2 atom stereocenters. The molecule has 0 aromatic rings. The highest BCUT2D eigenvalue weighted by molar-refractivity contribution is 5.68. The van der Waals surface area contributed by atoms with Crippen LogP contribution in [-0.4, -0.2) is 40.9 Å². The third kappa shape index (κ3) is 3.38. The first kappa shape index (κ1) is 12.3.